The van der Waals surface area contributed by atoms with Gasteiger partial charge >= 0.3 is 0 Å². The summed E-state index contributed by atoms with van der Waals surface area (Å²) in [5.41, 5.74) is 0.985. The number of fused-ring (bicyclic) bond motifs is 2. The third-order valence-corrected chi connectivity index (χ3v) is 4.31. The molecule has 21 heavy (non-hydrogen) atoms. The van der Waals surface area contributed by atoms with Crippen molar-refractivity contribution in [1.82, 2.24) is 9.97 Å². The second-order valence-electron chi connectivity index (χ2n) is 5.70. The van der Waals surface area contributed by atoms with E-state index in [1.165, 1.54) is 11.9 Å². The van der Waals surface area contributed by atoms with Gasteiger partial charge in [0.05, 0.1) is 5.39 Å². The van der Waals surface area contributed by atoms with Crippen LogP contribution in [0, 0.1) is 0 Å². The lowest BCUT2D eigenvalue weighted by Gasteiger charge is -2.18. The van der Waals surface area contributed by atoms with Crippen molar-refractivity contribution in [3.8, 4) is 17.4 Å². The van der Waals surface area contributed by atoms with Crippen molar-refractivity contribution in [3.05, 3.63) is 41.5 Å². The van der Waals surface area contributed by atoms with Crippen molar-refractivity contribution in [2.75, 3.05) is 0 Å². The maximum Gasteiger partial charge on any atom is 0.231 e. The van der Waals surface area contributed by atoms with Gasteiger partial charge in [-0.1, -0.05) is 12.1 Å². The summed E-state index contributed by atoms with van der Waals surface area (Å²) < 4.78 is 12.0. The van der Waals surface area contributed by atoms with E-state index in [0.717, 1.165) is 22.4 Å². The maximum absolute atomic E-state index is 6.03. The Kier molecular flexibility index (Phi) is 2.65. The molecule has 0 unspecified atom stereocenters. The predicted octanol–water partition coefficient (Wildman–Crippen LogP) is 4.20. The standard InChI is InChI=1S/C16H14N2O2S/c1-16(2)8-10-4-3-5-12(13(10)20-16)19-14-11-6-7-21-15(11)18-9-17-14/h3-7,9H,8H2,1-2H3. The summed E-state index contributed by atoms with van der Waals surface area (Å²) in [5.74, 6) is 2.11. The van der Waals surface area contributed by atoms with Crippen molar-refractivity contribution in [2.24, 2.45) is 0 Å². The summed E-state index contributed by atoms with van der Waals surface area (Å²) in [6, 6.07) is 7.96. The van der Waals surface area contributed by atoms with E-state index in [-0.39, 0.29) is 5.60 Å². The SMILES string of the molecule is CC1(C)Cc2cccc(Oc3ncnc4sccc34)c2O1. The minimum atomic E-state index is -0.189. The van der Waals surface area contributed by atoms with E-state index in [9.17, 15) is 0 Å². The number of nitrogens with zero attached hydrogens (tertiary/aromatic N) is 2. The van der Waals surface area contributed by atoms with Crippen LogP contribution in [-0.2, 0) is 6.42 Å². The molecule has 0 N–H and O–H groups in total. The number of thiophene rings is 1. The van der Waals surface area contributed by atoms with Gasteiger partial charge in [-0.05, 0) is 31.4 Å². The minimum absolute atomic E-state index is 0.189. The van der Waals surface area contributed by atoms with Gasteiger partial charge in [-0.3, -0.25) is 0 Å². The molecule has 106 valence electrons. The average Bonchev–Trinajstić information content (AvgIpc) is 3.02. The van der Waals surface area contributed by atoms with Gasteiger partial charge in [-0.25, -0.2) is 9.97 Å². The number of rotatable bonds is 2. The van der Waals surface area contributed by atoms with Crippen LogP contribution in [0.15, 0.2) is 36.0 Å². The Morgan fingerprint density at radius 3 is 3.05 bits per heavy atom. The van der Waals surface area contributed by atoms with Crippen molar-refractivity contribution in [3.63, 3.8) is 0 Å². The van der Waals surface area contributed by atoms with Crippen molar-refractivity contribution >= 4 is 21.6 Å². The molecule has 0 saturated heterocycles. The highest BCUT2D eigenvalue weighted by Crippen LogP contribution is 2.43. The van der Waals surface area contributed by atoms with Crippen LogP contribution in [0.2, 0.25) is 0 Å². The van der Waals surface area contributed by atoms with E-state index in [1.807, 2.05) is 23.6 Å². The summed E-state index contributed by atoms with van der Waals surface area (Å²) in [6.45, 7) is 4.16. The van der Waals surface area contributed by atoms with Crippen LogP contribution < -0.4 is 9.47 Å². The monoisotopic (exact) mass is 298 g/mol. The molecular weight excluding hydrogens is 284 g/mol. The molecule has 0 spiro atoms. The van der Waals surface area contributed by atoms with Gasteiger partial charge in [0.15, 0.2) is 11.5 Å². The van der Waals surface area contributed by atoms with Gasteiger partial charge in [-0.15, -0.1) is 11.3 Å². The highest BCUT2D eigenvalue weighted by molar-refractivity contribution is 7.16. The molecule has 0 aliphatic carbocycles. The first-order valence-corrected chi connectivity index (χ1v) is 7.67. The van der Waals surface area contributed by atoms with Crippen molar-refractivity contribution in [1.29, 1.82) is 0 Å². The Bertz CT molecular complexity index is 826. The van der Waals surface area contributed by atoms with E-state index in [1.54, 1.807) is 11.3 Å². The molecule has 4 rings (SSSR count). The molecule has 2 aromatic heterocycles. The fraction of sp³-hybridized carbons (Fsp3) is 0.250. The fourth-order valence-electron chi connectivity index (χ4n) is 2.62. The molecule has 0 saturated carbocycles. The first-order valence-electron chi connectivity index (χ1n) is 6.79. The molecule has 0 amide bonds. The Hall–Kier alpha value is -2.14. The van der Waals surface area contributed by atoms with Crippen LogP contribution in [0.5, 0.6) is 17.4 Å². The summed E-state index contributed by atoms with van der Waals surface area (Å²) in [5, 5.41) is 2.92. The molecule has 3 heterocycles. The van der Waals surface area contributed by atoms with E-state index < -0.39 is 0 Å². The number of para-hydroxylation sites is 1. The minimum Gasteiger partial charge on any atom is -0.483 e. The van der Waals surface area contributed by atoms with Gasteiger partial charge in [0.2, 0.25) is 5.88 Å². The van der Waals surface area contributed by atoms with E-state index in [4.69, 9.17) is 9.47 Å². The molecule has 1 aliphatic heterocycles. The van der Waals surface area contributed by atoms with E-state index in [2.05, 4.69) is 29.9 Å². The zero-order valence-corrected chi connectivity index (χ0v) is 12.6. The molecule has 5 heteroatoms. The normalized spacial score (nSPS) is 15.7. The number of hydrogen-bond acceptors (Lipinski definition) is 5. The van der Waals surface area contributed by atoms with E-state index >= 15 is 0 Å². The molecule has 0 radical (unpaired) electrons. The molecule has 3 aromatic rings. The van der Waals surface area contributed by atoms with E-state index in [0.29, 0.717) is 11.6 Å². The van der Waals surface area contributed by atoms with Gasteiger partial charge in [0, 0.05) is 12.0 Å². The molecule has 4 nitrogen and oxygen atoms in total. The highest BCUT2D eigenvalue weighted by atomic mass is 32.1. The van der Waals surface area contributed by atoms with Crippen LogP contribution in [0.3, 0.4) is 0 Å². The molecular formula is C16H14N2O2S. The Balaban J connectivity index is 1.77. The van der Waals surface area contributed by atoms with Gasteiger partial charge in [0.1, 0.15) is 16.8 Å². The van der Waals surface area contributed by atoms with Gasteiger partial charge in [-0.2, -0.15) is 0 Å². The molecule has 1 aliphatic rings. The number of hydrogen-bond donors (Lipinski definition) is 0. The fourth-order valence-corrected chi connectivity index (χ4v) is 3.34. The molecule has 0 fully saturated rings. The van der Waals surface area contributed by atoms with Crippen LogP contribution in [0.4, 0.5) is 0 Å². The van der Waals surface area contributed by atoms with Crippen molar-refractivity contribution < 1.29 is 9.47 Å². The largest absolute Gasteiger partial charge is 0.483 e. The topological polar surface area (TPSA) is 44.2 Å². The summed E-state index contributed by atoms with van der Waals surface area (Å²) >= 11 is 1.57. The zero-order valence-electron chi connectivity index (χ0n) is 11.8. The maximum atomic E-state index is 6.03. The van der Waals surface area contributed by atoms with Gasteiger partial charge < -0.3 is 9.47 Å². The molecule has 0 bridgehead atoms. The highest BCUT2D eigenvalue weighted by Gasteiger charge is 2.32. The lowest BCUT2D eigenvalue weighted by Crippen LogP contribution is -2.24. The number of benzene rings is 1. The first kappa shape index (κ1) is 12.6. The smallest absolute Gasteiger partial charge is 0.231 e. The summed E-state index contributed by atoms with van der Waals surface area (Å²) in [6.07, 6.45) is 2.42. The van der Waals surface area contributed by atoms with Crippen LogP contribution in [-0.4, -0.2) is 15.6 Å². The average molecular weight is 298 g/mol. The second-order valence-corrected chi connectivity index (χ2v) is 6.60. The lowest BCUT2D eigenvalue weighted by molar-refractivity contribution is 0.135. The molecule has 0 atom stereocenters. The van der Waals surface area contributed by atoms with Crippen molar-refractivity contribution in [2.45, 2.75) is 25.9 Å². The number of aromatic nitrogens is 2. The quantitative estimate of drug-likeness (QED) is 0.711. The Morgan fingerprint density at radius 1 is 1.24 bits per heavy atom. The van der Waals surface area contributed by atoms with Gasteiger partial charge in [0.25, 0.3) is 0 Å². The van der Waals surface area contributed by atoms with Crippen LogP contribution >= 0.6 is 11.3 Å². The first-order chi connectivity index (χ1) is 10.1. The third-order valence-electron chi connectivity index (χ3n) is 3.49. The summed E-state index contributed by atoms with van der Waals surface area (Å²) in [7, 11) is 0. The Morgan fingerprint density at radius 2 is 2.14 bits per heavy atom. The summed E-state index contributed by atoms with van der Waals surface area (Å²) in [4.78, 5) is 9.41. The third kappa shape index (κ3) is 2.14. The molecule has 1 aromatic carbocycles. The lowest BCUT2D eigenvalue weighted by atomic mass is 10.0. The Labute approximate surface area is 126 Å². The van der Waals surface area contributed by atoms with Crippen LogP contribution in [0.25, 0.3) is 10.2 Å². The zero-order chi connectivity index (χ0) is 14.4. The second kappa shape index (κ2) is 4.43. The number of ether oxygens (including phenoxy) is 2. The predicted molar refractivity (Wildman–Crippen MR) is 82.3 cm³/mol. The van der Waals surface area contributed by atoms with Crippen LogP contribution in [0.1, 0.15) is 19.4 Å².